The van der Waals surface area contributed by atoms with Gasteiger partial charge in [-0.2, -0.15) is 6.08 Å². The summed E-state index contributed by atoms with van der Waals surface area (Å²) in [7, 11) is 0. The molecule has 1 aliphatic carbocycles. The molecule has 0 radical (unpaired) electrons. The zero-order chi connectivity index (χ0) is 5.28. The first-order valence-electron chi connectivity index (χ1n) is 2.55. The fourth-order valence-corrected chi connectivity index (χ4v) is 0.650. The minimum Gasteiger partial charge on any atom is -0.270 e. The standard InChI is InChI=1S/C7H9.2BrH.Zr/c1-6-4-3-5-7(6)2;;;/h4H,3H2,1-2H3;2*1H;/q-1;;;. The molecule has 0 heterocycles. The van der Waals surface area contributed by atoms with Crippen molar-refractivity contribution >= 4 is 34.0 Å². The molecule has 10 heavy (non-hydrogen) atoms. The van der Waals surface area contributed by atoms with Gasteiger partial charge in [-0.15, -0.1) is 47.3 Å². The van der Waals surface area contributed by atoms with E-state index in [0.717, 1.165) is 6.42 Å². The third-order valence-electron chi connectivity index (χ3n) is 1.37. The minimum atomic E-state index is 0. The summed E-state index contributed by atoms with van der Waals surface area (Å²) in [6.45, 7) is 4.22. The minimum absolute atomic E-state index is 0. The van der Waals surface area contributed by atoms with Crippen LogP contribution < -0.4 is 0 Å². The monoisotopic (exact) mass is 343 g/mol. The Morgan fingerprint density at radius 2 is 1.80 bits per heavy atom. The molecule has 0 saturated carbocycles. The maximum absolute atomic E-state index is 3.19. The zero-order valence-corrected chi connectivity index (χ0v) is 12.0. The SMILES string of the molecule is Br.Br.CC1=[C-]CC=C1C.[Zr]. The van der Waals surface area contributed by atoms with Crippen LogP contribution in [0.25, 0.3) is 0 Å². The van der Waals surface area contributed by atoms with E-state index < -0.39 is 0 Å². The Labute approximate surface area is 103 Å². The molecule has 0 spiro atoms. The summed E-state index contributed by atoms with van der Waals surface area (Å²) >= 11 is 0. The summed E-state index contributed by atoms with van der Waals surface area (Å²) < 4.78 is 0. The summed E-state index contributed by atoms with van der Waals surface area (Å²) in [6, 6.07) is 0. The summed E-state index contributed by atoms with van der Waals surface area (Å²) in [5.41, 5.74) is 2.71. The Balaban J connectivity index is -0.000000163. The van der Waals surface area contributed by atoms with Gasteiger partial charge in [-0.25, -0.2) is 11.1 Å². The first-order chi connectivity index (χ1) is 3.30. The van der Waals surface area contributed by atoms with Crippen molar-refractivity contribution in [2.75, 3.05) is 0 Å². The molecule has 0 N–H and O–H groups in total. The molecule has 0 aromatic carbocycles. The molecule has 0 aliphatic heterocycles. The Kier molecular flexibility index (Phi) is 14.7. The zero-order valence-electron chi connectivity index (χ0n) is 6.10. The number of hydrogen-bond acceptors (Lipinski definition) is 0. The van der Waals surface area contributed by atoms with Crippen LogP contribution in [0.2, 0.25) is 0 Å². The number of allylic oxidation sites excluding steroid dienone is 4. The smallest absolute Gasteiger partial charge is 0 e. The van der Waals surface area contributed by atoms with Crippen molar-refractivity contribution in [3.05, 3.63) is 23.3 Å². The van der Waals surface area contributed by atoms with Crippen molar-refractivity contribution in [2.45, 2.75) is 20.3 Å². The predicted octanol–water partition coefficient (Wildman–Crippen LogP) is 3.24. The van der Waals surface area contributed by atoms with Gasteiger partial charge >= 0.3 is 0 Å². The van der Waals surface area contributed by atoms with Crippen molar-refractivity contribution in [3.63, 3.8) is 0 Å². The summed E-state index contributed by atoms with van der Waals surface area (Å²) in [5.74, 6) is 0. The van der Waals surface area contributed by atoms with Crippen molar-refractivity contribution in [1.82, 2.24) is 0 Å². The van der Waals surface area contributed by atoms with E-state index >= 15 is 0 Å². The Morgan fingerprint density at radius 3 is 1.90 bits per heavy atom. The molecule has 0 bridgehead atoms. The molecule has 0 fully saturated rings. The fourth-order valence-electron chi connectivity index (χ4n) is 0.650. The fraction of sp³-hybridized carbons (Fsp3) is 0.429. The first kappa shape index (κ1) is 17.4. The number of hydrogen-bond donors (Lipinski definition) is 0. The van der Waals surface area contributed by atoms with Crippen LogP contribution in [-0.4, -0.2) is 0 Å². The van der Waals surface area contributed by atoms with Gasteiger partial charge in [-0.05, 0) is 0 Å². The average Bonchev–Trinajstić information content (AvgIpc) is 1.91. The van der Waals surface area contributed by atoms with E-state index in [1.807, 2.05) is 0 Å². The number of rotatable bonds is 0. The van der Waals surface area contributed by atoms with Crippen molar-refractivity contribution in [2.24, 2.45) is 0 Å². The molecular formula is C7H11Br2Zr-. The maximum Gasteiger partial charge on any atom is 0 e. The van der Waals surface area contributed by atoms with Crippen molar-refractivity contribution in [3.8, 4) is 0 Å². The van der Waals surface area contributed by atoms with Crippen molar-refractivity contribution < 1.29 is 26.2 Å². The van der Waals surface area contributed by atoms with Crippen LogP contribution in [0.3, 0.4) is 0 Å². The second-order valence-corrected chi connectivity index (χ2v) is 1.89. The summed E-state index contributed by atoms with van der Waals surface area (Å²) in [5, 5.41) is 0. The van der Waals surface area contributed by atoms with Crippen LogP contribution in [-0.2, 0) is 26.2 Å². The third-order valence-corrected chi connectivity index (χ3v) is 1.37. The average molecular weight is 346 g/mol. The molecule has 0 aromatic rings. The largest absolute Gasteiger partial charge is 0.270 e. The Hall–Kier alpha value is 1.32. The van der Waals surface area contributed by atoms with Crippen LogP contribution >= 0.6 is 34.0 Å². The molecule has 0 saturated heterocycles. The number of halogens is 2. The van der Waals surface area contributed by atoms with E-state index in [0.29, 0.717) is 0 Å². The van der Waals surface area contributed by atoms with E-state index in [9.17, 15) is 0 Å². The van der Waals surface area contributed by atoms with E-state index in [1.165, 1.54) is 11.1 Å². The van der Waals surface area contributed by atoms with Crippen molar-refractivity contribution in [1.29, 1.82) is 0 Å². The molecule has 3 heteroatoms. The van der Waals surface area contributed by atoms with Gasteiger partial charge in [0.15, 0.2) is 0 Å². The van der Waals surface area contributed by atoms with Gasteiger partial charge in [0.05, 0.1) is 0 Å². The van der Waals surface area contributed by atoms with Crippen LogP contribution in [0.1, 0.15) is 20.3 Å². The second-order valence-electron chi connectivity index (χ2n) is 1.89. The second kappa shape index (κ2) is 8.42. The van der Waals surface area contributed by atoms with E-state index in [-0.39, 0.29) is 60.2 Å². The predicted molar refractivity (Wildman–Crippen MR) is 51.4 cm³/mol. The van der Waals surface area contributed by atoms with Gasteiger partial charge < -0.3 is 0 Å². The molecule has 1 rings (SSSR count). The molecule has 0 nitrogen and oxygen atoms in total. The first-order valence-corrected chi connectivity index (χ1v) is 2.55. The third kappa shape index (κ3) is 5.04. The van der Waals surface area contributed by atoms with Gasteiger partial charge in [0.1, 0.15) is 0 Å². The van der Waals surface area contributed by atoms with Gasteiger partial charge in [0.2, 0.25) is 0 Å². The molecule has 1 aliphatic rings. The molecular weight excluding hydrogens is 335 g/mol. The van der Waals surface area contributed by atoms with Gasteiger partial charge in [-0.3, -0.25) is 6.08 Å². The summed E-state index contributed by atoms with van der Waals surface area (Å²) in [6.07, 6.45) is 6.41. The maximum atomic E-state index is 3.19. The van der Waals surface area contributed by atoms with Gasteiger partial charge in [0.25, 0.3) is 0 Å². The Morgan fingerprint density at radius 1 is 1.30 bits per heavy atom. The molecule has 0 aromatic heterocycles. The normalized spacial score (nSPS) is 13.4. The molecule has 0 atom stereocenters. The van der Waals surface area contributed by atoms with Crippen LogP contribution in [0.5, 0.6) is 0 Å². The van der Waals surface area contributed by atoms with Crippen LogP contribution in [0, 0.1) is 6.08 Å². The Bertz CT molecular complexity index is 123. The molecule has 0 unspecified atom stereocenters. The van der Waals surface area contributed by atoms with E-state index in [1.54, 1.807) is 0 Å². The summed E-state index contributed by atoms with van der Waals surface area (Å²) in [4.78, 5) is 0. The van der Waals surface area contributed by atoms with Crippen LogP contribution in [0.4, 0.5) is 0 Å². The van der Waals surface area contributed by atoms with E-state index in [4.69, 9.17) is 0 Å². The quantitative estimate of drug-likeness (QED) is 0.591. The molecule has 58 valence electrons. The van der Waals surface area contributed by atoms with Gasteiger partial charge in [-0.1, -0.05) is 6.92 Å². The van der Waals surface area contributed by atoms with E-state index in [2.05, 4.69) is 26.0 Å². The topological polar surface area (TPSA) is 0 Å². The van der Waals surface area contributed by atoms with Gasteiger partial charge in [0, 0.05) is 26.2 Å². The van der Waals surface area contributed by atoms with Crippen LogP contribution in [0.15, 0.2) is 17.2 Å². The molecule has 0 amide bonds.